The highest BCUT2D eigenvalue weighted by atomic mass is 35.5. The first-order valence-corrected chi connectivity index (χ1v) is 8.92. The summed E-state index contributed by atoms with van der Waals surface area (Å²) in [5.74, 6) is 0.825. The fourth-order valence-corrected chi connectivity index (χ4v) is 3.29. The minimum absolute atomic E-state index is 0. The Morgan fingerprint density at radius 3 is 2.48 bits per heavy atom. The van der Waals surface area contributed by atoms with E-state index in [-0.39, 0.29) is 40.5 Å². The van der Waals surface area contributed by atoms with E-state index < -0.39 is 11.4 Å². The van der Waals surface area contributed by atoms with Crippen molar-refractivity contribution in [1.29, 1.82) is 0 Å². The van der Waals surface area contributed by atoms with Crippen LogP contribution in [-0.4, -0.2) is 39.3 Å². The van der Waals surface area contributed by atoms with Crippen molar-refractivity contribution < 1.29 is 18.0 Å². The molecule has 148 valence electrons. The number of rotatable bonds is 4. The van der Waals surface area contributed by atoms with Crippen molar-refractivity contribution in [2.75, 3.05) is 18.4 Å². The van der Waals surface area contributed by atoms with E-state index in [2.05, 4.69) is 20.7 Å². The molecule has 0 spiro atoms. The topological polar surface area (TPSA) is 71.8 Å². The second-order valence-corrected chi connectivity index (χ2v) is 7.11. The van der Waals surface area contributed by atoms with Crippen LogP contribution < -0.4 is 10.6 Å². The van der Waals surface area contributed by atoms with Crippen LogP contribution in [0.3, 0.4) is 0 Å². The van der Waals surface area contributed by atoms with Gasteiger partial charge in [-0.15, -0.1) is 12.4 Å². The van der Waals surface area contributed by atoms with Crippen molar-refractivity contribution in [3.63, 3.8) is 0 Å². The smallest absolute Gasteiger partial charge is 0.317 e. The molecule has 0 saturated carbocycles. The van der Waals surface area contributed by atoms with E-state index in [1.807, 2.05) is 0 Å². The molecular weight excluding hydrogens is 403 g/mol. The van der Waals surface area contributed by atoms with Gasteiger partial charge in [0, 0.05) is 23.4 Å². The highest BCUT2D eigenvalue weighted by Crippen LogP contribution is 2.36. The van der Waals surface area contributed by atoms with E-state index in [0.29, 0.717) is 11.8 Å². The second kappa shape index (κ2) is 8.94. The molecule has 1 aromatic heterocycles. The van der Waals surface area contributed by atoms with Crippen LogP contribution >= 0.6 is 24.2 Å². The number of amides is 1. The molecular formula is C16H19ClF3N5OS. The third-order valence-corrected chi connectivity index (χ3v) is 4.80. The van der Waals surface area contributed by atoms with Gasteiger partial charge in [-0.2, -0.15) is 23.3 Å². The van der Waals surface area contributed by atoms with Crippen LogP contribution in [0.25, 0.3) is 0 Å². The summed E-state index contributed by atoms with van der Waals surface area (Å²) in [6.07, 6.45) is 1.88. The van der Waals surface area contributed by atoms with Crippen molar-refractivity contribution in [3.05, 3.63) is 35.7 Å². The number of carbonyl (C=O) groups is 1. The first-order chi connectivity index (χ1) is 12.3. The van der Waals surface area contributed by atoms with Gasteiger partial charge in [0.15, 0.2) is 5.82 Å². The van der Waals surface area contributed by atoms with E-state index in [1.165, 1.54) is 28.9 Å². The normalized spacial score (nSPS) is 15.3. The van der Waals surface area contributed by atoms with Gasteiger partial charge >= 0.3 is 5.51 Å². The van der Waals surface area contributed by atoms with Gasteiger partial charge in [-0.3, -0.25) is 10.1 Å². The number of hydrogen-bond acceptors (Lipinski definition) is 5. The number of aromatic nitrogens is 3. The number of piperidine rings is 1. The Morgan fingerprint density at radius 1 is 1.26 bits per heavy atom. The molecule has 0 bridgehead atoms. The van der Waals surface area contributed by atoms with Crippen LogP contribution in [0.4, 0.5) is 19.1 Å². The van der Waals surface area contributed by atoms with E-state index in [0.717, 1.165) is 25.9 Å². The maximum atomic E-state index is 12.3. The summed E-state index contributed by atoms with van der Waals surface area (Å²) in [7, 11) is 1.69. The summed E-state index contributed by atoms with van der Waals surface area (Å²) < 4.78 is 38.6. The Bertz CT molecular complexity index is 775. The highest BCUT2D eigenvalue weighted by molar-refractivity contribution is 8.00. The number of alkyl halides is 3. The molecule has 0 radical (unpaired) electrons. The number of hydrogen-bond donors (Lipinski definition) is 2. The van der Waals surface area contributed by atoms with Crippen LogP contribution in [0, 0.1) is 0 Å². The molecule has 3 rings (SSSR count). The molecule has 11 heteroatoms. The maximum absolute atomic E-state index is 12.3. The Kier molecular flexibility index (Phi) is 7.12. The molecule has 27 heavy (non-hydrogen) atoms. The fraction of sp³-hybridized carbons (Fsp3) is 0.438. The molecule has 1 saturated heterocycles. The molecule has 6 nitrogen and oxygen atoms in total. The van der Waals surface area contributed by atoms with Crippen molar-refractivity contribution in [2.24, 2.45) is 7.05 Å². The summed E-state index contributed by atoms with van der Waals surface area (Å²) in [5, 5.41) is 10.3. The van der Waals surface area contributed by atoms with Crippen LogP contribution in [0.2, 0.25) is 0 Å². The van der Waals surface area contributed by atoms with Gasteiger partial charge in [0.25, 0.3) is 5.91 Å². The average molecular weight is 422 g/mol. The zero-order chi connectivity index (χ0) is 18.7. The fourth-order valence-electron chi connectivity index (χ4n) is 2.75. The number of carbonyl (C=O) groups excluding carboxylic acids is 1. The molecule has 1 amide bonds. The van der Waals surface area contributed by atoms with Crippen LogP contribution in [0.1, 0.15) is 34.9 Å². The molecule has 0 atom stereocenters. The lowest BCUT2D eigenvalue weighted by Gasteiger charge is -2.19. The van der Waals surface area contributed by atoms with Crippen molar-refractivity contribution in [2.45, 2.75) is 29.2 Å². The predicted molar refractivity (Wildman–Crippen MR) is 99.4 cm³/mol. The van der Waals surface area contributed by atoms with Gasteiger partial charge in [-0.25, -0.2) is 4.68 Å². The molecule has 2 N–H and O–H groups in total. The second-order valence-electron chi connectivity index (χ2n) is 5.97. The SMILES string of the molecule is Cl.Cn1nc(C2CCNCC2)nc1NC(=O)c1ccc(SC(F)(F)F)cc1. The number of benzene rings is 1. The Labute approximate surface area is 164 Å². The number of nitrogens with zero attached hydrogens (tertiary/aromatic N) is 3. The van der Waals surface area contributed by atoms with Gasteiger partial charge in [-0.05, 0) is 62.0 Å². The van der Waals surface area contributed by atoms with Gasteiger partial charge in [-0.1, -0.05) is 0 Å². The number of thioether (sulfide) groups is 1. The van der Waals surface area contributed by atoms with Crippen molar-refractivity contribution >= 4 is 36.0 Å². The Hall–Kier alpha value is -1.78. The Balaban J connectivity index is 0.00000261. The van der Waals surface area contributed by atoms with Gasteiger partial charge in [0.05, 0.1) is 0 Å². The van der Waals surface area contributed by atoms with Gasteiger partial charge < -0.3 is 5.32 Å². The molecule has 1 fully saturated rings. The minimum atomic E-state index is -4.35. The van der Waals surface area contributed by atoms with E-state index >= 15 is 0 Å². The highest BCUT2D eigenvalue weighted by Gasteiger charge is 2.29. The standard InChI is InChI=1S/C16H18F3N5OS.ClH/c1-24-15(21-13(23-24)10-6-8-20-9-7-10)22-14(25)11-2-4-12(5-3-11)26-16(17,18)19;/h2-5,10,20H,6-9H2,1H3,(H,21,22,23,25);1H. The monoisotopic (exact) mass is 421 g/mol. The van der Waals surface area contributed by atoms with E-state index in [4.69, 9.17) is 0 Å². The number of aryl methyl sites for hydroxylation is 1. The molecule has 2 aromatic rings. The van der Waals surface area contributed by atoms with E-state index in [1.54, 1.807) is 7.05 Å². The summed E-state index contributed by atoms with van der Waals surface area (Å²) in [4.78, 5) is 16.7. The van der Waals surface area contributed by atoms with Crippen LogP contribution in [0.5, 0.6) is 0 Å². The lowest BCUT2D eigenvalue weighted by Crippen LogP contribution is -2.27. The predicted octanol–water partition coefficient (Wildman–Crippen LogP) is 3.57. The molecule has 2 heterocycles. The first-order valence-electron chi connectivity index (χ1n) is 8.10. The third-order valence-electron chi connectivity index (χ3n) is 4.06. The van der Waals surface area contributed by atoms with Crippen LogP contribution in [-0.2, 0) is 7.05 Å². The first kappa shape index (κ1) is 21.5. The molecule has 0 aliphatic carbocycles. The van der Waals surface area contributed by atoms with Crippen molar-refractivity contribution in [1.82, 2.24) is 20.1 Å². The quantitative estimate of drug-likeness (QED) is 0.738. The Morgan fingerprint density at radius 2 is 1.89 bits per heavy atom. The van der Waals surface area contributed by atoms with Crippen LogP contribution in [0.15, 0.2) is 29.2 Å². The minimum Gasteiger partial charge on any atom is -0.317 e. The number of anilines is 1. The van der Waals surface area contributed by atoms with Gasteiger partial charge in [0.2, 0.25) is 5.95 Å². The lowest BCUT2D eigenvalue weighted by molar-refractivity contribution is -0.0328. The largest absolute Gasteiger partial charge is 0.446 e. The zero-order valence-electron chi connectivity index (χ0n) is 14.4. The molecule has 1 aliphatic rings. The maximum Gasteiger partial charge on any atom is 0.446 e. The number of halogens is 4. The zero-order valence-corrected chi connectivity index (χ0v) is 16.0. The van der Waals surface area contributed by atoms with E-state index in [9.17, 15) is 18.0 Å². The van der Waals surface area contributed by atoms with Gasteiger partial charge in [0.1, 0.15) is 0 Å². The summed E-state index contributed by atoms with van der Waals surface area (Å²) in [5.41, 5.74) is -4.10. The summed E-state index contributed by atoms with van der Waals surface area (Å²) in [6.45, 7) is 1.82. The number of nitrogens with one attached hydrogen (secondary N) is 2. The van der Waals surface area contributed by atoms with Crippen molar-refractivity contribution in [3.8, 4) is 0 Å². The third kappa shape index (κ3) is 5.85. The average Bonchev–Trinajstić information content (AvgIpc) is 2.95. The molecule has 1 aliphatic heterocycles. The summed E-state index contributed by atoms with van der Waals surface area (Å²) >= 11 is -0.217. The molecule has 0 unspecified atom stereocenters. The molecule has 1 aromatic carbocycles. The lowest BCUT2D eigenvalue weighted by atomic mass is 9.98. The summed E-state index contributed by atoms with van der Waals surface area (Å²) in [6, 6.07) is 5.25.